The van der Waals surface area contributed by atoms with Crippen LogP contribution in [-0.2, 0) is 16.1 Å². The average Bonchev–Trinajstić information content (AvgIpc) is 3.17. The summed E-state index contributed by atoms with van der Waals surface area (Å²) in [6, 6.07) is 11.4. The highest BCUT2D eigenvalue weighted by atomic mass is 32.2. The van der Waals surface area contributed by atoms with Gasteiger partial charge < -0.3 is 19.5 Å². The molecular weight excluding hydrogens is 430 g/mol. The van der Waals surface area contributed by atoms with E-state index in [0.717, 1.165) is 19.6 Å². The Kier molecular flexibility index (Phi) is 5.84. The molecule has 0 aliphatic carbocycles. The number of carbonyl (C=O) groups is 2. The molecule has 32 heavy (non-hydrogen) atoms. The van der Waals surface area contributed by atoms with Crippen LogP contribution < -0.4 is 19.7 Å². The van der Waals surface area contributed by atoms with Crippen LogP contribution in [-0.4, -0.2) is 60.7 Å². The van der Waals surface area contributed by atoms with Gasteiger partial charge in [0.25, 0.3) is 0 Å². The van der Waals surface area contributed by atoms with Crippen molar-refractivity contribution in [2.45, 2.75) is 19.6 Å². The molecule has 168 valence electrons. The number of carbonyl (C=O) groups excluding carboxylic acids is 2. The van der Waals surface area contributed by atoms with Crippen molar-refractivity contribution in [1.29, 1.82) is 0 Å². The van der Waals surface area contributed by atoms with Crippen molar-refractivity contribution in [3.8, 4) is 23.0 Å². The molecule has 3 aliphatic rings. The van der Waals surface area contributed by atoms with E-state index in [2.05, 4.69) is 16.3 Å². The number of nitrogens with zero attached hydrogens (tertiary/aromatic N) is 2. The van der Waals surface area contributed by atoms with E-state index in [-0.39, 0.29) is 12.5 Å². The molecule has 0 radical (unpaired) electrons. The highest BCUT2D eigenvalue weighted by Gasteiger charge is 2.33. The summed E-state index contributed by atoms with van der Waals surface area (Å²) in [6.45, 7) is 5.19. The zero-order valence-electron chi connectivity index (χ0n) is 17.8. The van der Waals surface area contributed by atoms with Gasteiger partial charge in [-0.3, -0.25) is 14.6 Å². The fraction of sp³-hybridized carbons (Fsp3) is 0.391. The van der Waals surface area contributed by atoms with E-state index in [9.17, 15) is 9.59 Å². The van der Waals surface area contributed by atoms with E-state index < -0.39 is 12.2 Å². The number of hydrogen-bond donors (Lipinski definition) is 1. The Balaban J connectivity index is 1.28. The number of ether oxygens (including phenoxy) is 3. The van der Waals surface area contributed by atoms with Gasteiger partial charge in [0, 0.05) is 44.1 Å². The van der Waals surface area contributed by atoms with Crippen LogP contribution in [0.25, 0.3) is 0 Å². The molecule has 0 bridgehead atoms. The predicted molar refractivity (Wildman–Crippen MR) is 122 cm³/mol. The molecule has 1 atom stereocenters. The fourth-order valence-electron chi connectivity index (χ4n) is 3.99. The first-order valence-corrected chi connectivity index (χ1v) is 11.9. The van der Waals surface area contributed by atoms with Crippen molar-refractivity contribution in [2.24, 2.45) is 0 Å². The van der Waals surface area contributed by atoms with Crippen LogP contribution in [0.15, 0.2) is 36.4 Å². The number of hydrogen-bond acceptors (Lipinski definition) is 7. The van der Waals surface area contributed by atoms with Gasteiger partial charge in [0.15, 0.2) is 23.0 Å². The Morgan fingerprint density at radius 1 is 1.06 bits per heavy atom. The van der Waals surface area contributed by atoms with Gasteiger partial charge in [-0.15, -0.1) is 0 Å². The zero-order chi connectivity index (χ0) is 22.1. The molecule has 2 fully saturated rings. The number of anilines is 1. The summed E-state index contributed by atoms with van der Waals surface area (Å²) < 4.78 is 17.5. The normalized spacial score (nSPS) is 20.0. The molecule has 3 heterocycles. The summed E-state index contributed by atoms with van der Waals surface area (Å²) in [5, 5.41) is 2.68. The molecule has 0 aromatic heterocycles. The molecule has 8 nitrogen and oxygen atoms in total. The standard InChI is InChI=1S/C23H25N3O5S/c1-15(27)24-12-18-14-26(23(28)29-18)17-3-5-20-22(11-17)31-19-4-2-16(10-21(19)30-20)13-25-6-8-32-9-7-25/h2-5,10-11,18H,6-9,12-14H2,1H3,(H,24,27)/t18-/m0/s1. The van der Waals surface area contributed by atoms with Crippen molar-refractivity contribution in [2.75, 3.05) is 42.6 Å². The van der Waals surface area contributed by atoms with Gasteiger partial charge in [0.1, 0.15) is 6.10 Å². The Morgan fingerprint density at radius 3 is 2.53 bits per heavy atom. The maximum atomic E-state index is 12.3. The van der Waals surface area contributed by atoms with E-state index in [1.165, 1.54) is 28.9 Å². The third kappa shape index (κ3) is 4.49. The van der Waals surface area contributed by atoms with Gasteiger partial charge in [-0.2, -0.15) is 11.8 Å². The van der Waals surface area contributed by atoms with E-state index >= 15 is 0 Å². The Morgan fingerprint density at radius 2 is 1.78 bits per heavy atom. The average molecular weight is 456 g/mol. The van der Waals surface area contributed by atoms with Crippen LogP contribution in [0.1, 0.15) is 12.5 Å². The maximum Gasteiger partial charge on any atom is 0.414 e. The summed E-state index contributed by atoms with van der Waals surface area (Å²) in [6.07, 6.45) is -0.838. The Labute approximate surface area is 190 Å². The molecular formula is C23H25N3O5S. The van der Waals surface area contributed by atoms with Crippen molar-refractivity contribution in [3.05, 3.63) is 42.0 Å². The summed E-state index contributed by atoms with van der Waals surface area (Å²) in [5.74, 6) is 4.71. The minimum Gasteiger partial charge on any atom is -0.449 e. The number of amides is 2. The number of cyclic esters (lactones) is 1. The lowest BCUT2D eigenvalue weighted by Crippen LogP contribution is -2.33. The van der Waals surface area contributed by atoms with Crippen molar-refractivity contribution in [1.82, 2.24) is 10.2 Å². The largest absolute Gasteiger partial charge is 0.449 e. The molecule has 3 aliphatic heterocycles. The first-order chi connectivity index (χ1) is 15.5. The van der Waals surface area contributed by atoms with Crippen LogP contribution in [0.4, 0.5) is 10.5 Å². The van der Waals surface area contributed by atoms with Gasteiger partial charge in [-0.25, -0.2) is 4.79 Å². The van der Waals surface area contributed by atoms with Crippen LogP contribution in [0.5, 0.6) is 23.0 Å². The van der Waals surface area contributed by atoms with Gasteiger partial charge >= 0.3 is 6.09 Å². The highest BCUT2D eigenvalue weighted by Crippen LogP contribution is 2.47. The second-order valence-electron chi connectivity index (χ2n) is 8.06. The minimum absolute atomic E-state index is 0.157. The second-order valence-corrected chi connectivity index (χ2v) is 9.28. The quantitative estimate of drug-likeness (QED) is 0.630. The first kappa shape index (κ1) is 21.0. The number of nitrogens with one attached hydrogen (secondary N) is 1. The SMILES string of the molecule is CC(=O)NC[C@H]1CN(c2ccc3c(c2)Oc2ccc(CN4CCSCC4)cc2O3)C(=O)O1. The Bertz CT molecular complexity index is 1040. The zero-order valence-corrected chi connectivity index (χ0v) is 18.7. The molecule has 2 aromatic rings. The van der Waals surface area contributed by atoms with E-state index in [1.807, 2.05) is 30.0 Å². The smallest absolute Gasteiger partial charge is 0.414 e. The third-order valence-electron chi connectivity index (χ3n) is 5.65. The molecule has 9 heteroatoms. The predicted octanol–water partition coefficient (Wildman–Crippen LogP) is 3.59. The second kappa shape index (κ2) is 8.91. The topological polar surface area (TPSA) is 80.3 Å². The molecule has 2 amide bonds. The van der Waals surface area contributed by atoms with Crippen molar-refractivity contribution < 1.29 is 23.8 Å². The summed E-state index contributed by atoms with van der Waals surface area (Å²) >= 11 is 2.00. The number of fused-ring (bicyclic) bond motifs is 2. The third-order valence-corrected chi connectivity index (χ3v) is 6.59. The lowest BCUT2D eigenvalue weighted by Gasteiger charge is -2.27. The van der Waals surface area contributed by atoms with E-state index in [4.69, 9.17) is 14.2 Å². The van der Waals surface area contributed by atoms with Gasteiger partial charge in [-0.1, -0.05) is 6.07 Å². The van der Waals surface area contributed by atoms with Gasteiger partial charge in [0.05, 0.1) is 18.8 Å². The lowest BCUT2D eigenvalue weighted by atomic mass is 10.1. The van der Waals surface area contributed by atoms with Crippen LogP contribution in [0.2, 0.25) is 0 Å². The van der Waals surface area contributed by atoms with Crippen LogP contribution >= 0.6 is 11.8 Å². The molecule has 5 rings (SSSR count). The lowest BCUT2D eigenvalue weighted by molar-refractivity contribution is -0.119. The summed E-state index contributed by atoms with van der Waals surface area (Å²) in [5.41, 5.74) is 1.86. The summed E-state index contributed by atoms with van der Waals surface area (Å²) in [7, 11) is 0. The molecule has 2 aromatic carbocycles. The molecule has 2 saturated heterocycles. The van der Waals surface area contributed by atoms with Crippen LogP contribution in [0.3, 0.4) is 0 Å². The maximum absolute atomic E-state index is 12.3. The van der Waals surface area contributed by atoms with E-state index in [0.29, 0.717) is 35.2 Å². The molecule has 0 unspecified atom stereocenters. The van der Waals surface area contributed by atoms with E-state index in [1.54, 1.807) is 12.1 Å². The van der Waals surface area contributed by atoms with Crippen molar-refractivity contribution >= 4 is 29.4 Å². The number of thioether (sulfide) groups is 1. The first-order valence-electron chi connectivity index (χ1n) is 10.7. The number of benzene rings is 2. The number of rotatable bonds is 5. The Hall–Kier alpha value is -2.91. The molecule has 1 N–H and O–H groups in total. The monoisotopic (exact) mass is 455 g/mol. The minimum atomic E-state index is -0.446. The van der Waals surface area contributed by atoms with Gasteiger partial charge in [0.2, 0.25) is 5.91 Å². The molecule has 0 saturated carbocycles. The molecule has 0 spiro atoms. The highest BCUT2D eigenvalue weighted by molar-refractivity contribution is 7.99. The fourth-order valence-corrected chi connectivity index (χ4v) is 4.97. The van der Waals surface area contributed by atoms with Crippen LogP contribution in [0, 0.1) is 0 Å². The van der Waals surface area contributed by atoms with Crippen molar-refractivity contribution in [3.63, 3.8) is 0 Å². The summed E-state index contributed by atoms with van der Waals surface area (Å²) in [4.78, 5) is 27.4. The van der Waals surface area contributed by atoms with Gasteiger partial charge in [-0.05, 0) is 29.8 Å².